The average molecular weight is 376 g/mol. The highest BCUT2D eigenvalue weighted by atomic mass is 32.3. The van der Waals surface area contributed by atoms with Gasteiger partial charge in [0, 0.05) is 6.04 Å². The summed E-state index contributed by atoms with van der Waals surface area (Å²) in [6, 6.07) is 5.50. The van der Waals surface area contributed by atoms with E-state index in [9.17, 15) is 13.9 Å². The van der Waals surface area contributed by atoms with E-state index in [0.717, 1.165) is 12.3 Å². The number of carbonyl (C=O) groups is 1. The molecule has 0 saturated carbocycles. The maximum Gasteiger partial charge on any atom is 0.335 e. The molecule has 0 spiro atoms. The minimum Gasteiger partial charge on any atom is -0.478 e. The minimum atomic E-state index is -3.06. The van der Waals surface area contributed by atoms with E-state index in [4.69, 9.17) is 5.11 Å². The van der Waals surface area contributed by atoms with E-state index >= 15 is 0 Å². The smallest absolute Gasteiger partial charge is 0.335 e. The maximum atomic E-state index is 10.7. The lowest BCUT2D eigenvalue weighted by Crippen LogP contribution is -2.28. The summed E-state index contributed by atoms with van der Waals surface area (Å²) in [7, 11) is -3.06. The molecule has 0 amide bonds. The first-order valence-corrected chi connectivity index (χ1v) is 10.0. The van der Waals surface area contributed by atoms with Gasteiger partial charge in [-0.1, -0.05) is 41.5 Å². The number of hydrogen-bond acceptors (Lipinski definition) is 4. The van der Waals surface area contributed by atoms with E-state index in [1.165, 1.54) is 24.3 Å². The van der Waals surface area contributed by atoms with Crippen LogP contribution < -0.4 is 4.72 Å². The third-order valence-corrected chi connectivity index (χ3v) is 4.07. The molecule has 0 aliphatic heterocycles. The molecule has 0 fully saturated rings. The third kappa shape index (κ3) is 14.7. The molecule has 25 heavy (non-hydrogen) atoms. The molecule has 0 bridgehead atoms. The van der Waals surface area contributed by atoms with E-state index in [2.05, 4.69) is 38.7 Å². The molecule has 1 aromatic carbocycles. The number of benzene rings is 1. The normalized spacial score (nSPS) is 11.6. The van der Waals surface area contributed by atoms with Gasteiger partial charge in [-0.15, -0.1) is 23.9 Å². The van der Waals surface area contributed by atoms with Crippen molar-refractivity contribution in [3.63, 3.8) is 0 Å². The minimum absolute atomic E-state index is 0.0286. The van der Waals surface area contributed by atoms with E-state index in [1.54, 1.807) is 0 Å². The van der Waals surface area contributed by atoms with Crippen LogP contribution in [0.3, 0.4) is 0 Å². The second-order valence-electron chi connectivity index (χ2n) is 5.54. The first kappa shape index (κ1) is 28.5. The summed E-state index contributed by atoms with van der Waals surface area (Å²) < 4.78 is 22.5. The molecule has 0 aromatic heterocycles. The van der Waals surface area contributed by atoms with Crippen LogP contribution in [0.2, 0.25) is 0 Å². The van der Waals surface area contributed by atoms with Gasteiger partial charge in [0.15, 0.2) is 0 Å². The van der Waals surface area contributed by atoms with Gasteiger partial charge in [0.25, 0.3) is 0 Å². The fourth-order valence-electron chi connectivity index (χ4n) is 1.22. The molecule has 6 heteroatoms. The highest BCUT2D eigenvalue weighted by Gasteiger charge is 2.17. The van der Waals surface area contributed by atoms with E-state index < -0.39 is 16.7 Å². The molecule has 1 rings (SSSR count). The molecule has 0 saturated heterocycles. The quantitative estimate of drug-likeness (QED) is 0.454. The van der Waals surface area contributed by atoms with Crippen molar-refractivity contribution in [2.24, 2.45) is 5.92 Å². The largest absolute Gasteiger partial charge is 0.478 e. The summed E-state index contributed by atoms with van der Waals surface area (Å²) in [4.78, 5) is 10.9. The Balaban J connectivity index is -0.000000518. The number of carboxylic acids is 1. The Bertz CT molecular complexity index is 444. The summed E-state index contributed by atoms with van der Waals surface area (Å²) in [5.74, 6) is -0.206. The second-order valence-corrected chi connectivity index (χ2v) is 7.34. The fraction of sp³-hybridized carbons (Fsp3) is 0.526. The molecule has 1 aromatic rings. The summed E-state index contributed by atoms with van der Waals surface area (Å²) >= 11 is 0. The Hall–Kier alpha value is -1.34. The summed E-state index contributed by atoms with van der Waals surface area (Å²) in [5.41, 5.74) is 0.118. The van der Waals surface area contributed by atoms with Gasteiger partial charge in [0.2, 0.25) is 0 Å². The zero-order valence-corrected chi connectivity index (χ0v) is 17.6. The zero-order chi connectivity index (χ0) is 20.6. The predicted molar refractivity (Wildman–Crippen MR) is 111 cm³/mol. The molecule has 0 heterocycles. The van der Waals surface area contributed by atoms with Gasteiger partial charge in [0.1, 0.15) is 0 Å². The van der Waals surface area contributed by atoms with Crippen molar-refractivity contribution in [2.75, 3.05) is 0 Å². The average Bonchev–Trinajstić information content (AvgIpc) is 2.57. The second kappa shape index (κ2) is 16.1. The number of nitrogens with one attached hydrogen (secondary N) is 1. The van der Waals surface area contributed by atoms with E-state index in [0.29, 0.717) is 4.90 Å². The molecule has 1 unspecified atom stereocenters. The van der Waals surface area contributed by atoms with Crippen molar-refractivity contribution in [3.8, 4) is 0 Å². The molecular weight excluding hydrogens is 338 g/mol. The highest BCUT2D eigenvalue weighted by Crippen LogP contribution is 2.44. The van der Waals surface area contributed by atoms with E-state index in [1.807, 2.05) is 27.7 Å². The molecule has 0 aliphatic carbocycles. The van der Waals surface area contributed by atoms with Crippen LogP contribution in [0.4, 0.5) is 0 Å². The summed E-state index contributed by atoms with van der Waals surface area (Å²) in [5, 5.41) is 8.73. The van der Waals surface area contributed by atoms with Crippen molar-refractivity contribution < 1.29 is 19.0 Å². The monoisotopic (exact) mass is 375 g/mol. The molecule has 4 N–H and O–H groups in total. The van der Waals surface area contributed by atoms with Gasteiger partial charge >= 0.3 is 5.97 Å². The molecular formula is C19H37NO4S. The summed E-state index contributed by atoms with van der Waals surface area (Å²) in [6.45, 7) is 20.3. The number of rotatable bonds is 5. The van der Waals surface area contributed by atoms with Crippen molar-refractivity contribution >= 4 is 16.7 Å². The maximum absolute atomic E-state index is 10.7. The lowest BCUT2D eigenvalue weighted by Gasteiger charge is -2.35. The Morgan fingerprint density at radius 2 is 1.44 bits per heavy atom. The molecule has 0 radical (unpaired) electrons. The van der Waals surface area contributed by atoms with E-state index in [-0.39, 0.29) is 11.6 Å². The Morgan fingerprint density at radius 1 is 1.08 bits per heavy atom. The molecule has 5 nitrogen and oxygen atoms in total. The molecule has 1 atom stereocenters. The predicted octanol–water partition coefficient (Wildman–Crippen LogP) is 6.29. The Morgan fingerprint density at radius 3 is 1.72 bits per heavy atom. The zero-order valence-electron chi connectivity index (χ0n) is 16.7. The Kier molecular flexibility index (Phi) is 18.4. The molecule has 0 aliphatic rings. The lowest BCUT2D eigenvalue weighted by molar-refractivity contribution is 0.0696. The van der Waals surface area contributed by atoms with Gasteiger partial charge in [-0.2, -0.15) is 0 Å². The highest BCUT2D eigenvalue weighted by molar-refractivity contribution is 8.22. The van der Waals surface area contributed by atoms with Crippen molar-refractivity contribution in [3.05, 3.63) is 43.0 Å². The van der Waals surface area contributed by atoms with Crippen molar-refractivity contribution in [1.29, 1.82) is 0 Å². The van der Waals surface area contributed by atoms with Gasteiger partial charge in [-0.3, -0.25) is 9.11 Å². The van der Waals surface area contributed by atoms with Crippen LogP contribution in [0, 0.1) is 5.92 Å². The summed E-state index contributed by atoms with van der Waals surface area (Å²) in [6.07, 6.45) is 0.767. The first-order valence-electron chi connectivity index (χ1n) is 8.49. The van der Waals surface area contributed by atoms with Crippen LogP contribution in [0.1, 0.15) is 65.2 Å². The number of carboxylic acid groups (broad SMARTS) is 1. The van der Waals surface area contributed by atoms with Gasteiger partial charge < -0.3 is 5.11 Å². The molecule has 148 valence electrons. The standard InChI is InChI=1S/C11H17NO4S.C4H10.C2H6.C2H4/c1-3-8(2)12-17(15,16)10-6-4-9(5-7-10)11(13)14;1-4(2)3;2*1-2/h4-8,12,15-16H,3H2,1-2H3,(H,13,14);4H,1-3H3;1-2H3;1-2H2. The lowest BCUT2D eigenvalue weighted by atomic mass is 10.2. The van der Waals surface area contributed by atoms with Crippen LogP contribution in [0.5, 0.6) is 0 Å². The van der Waals surface area contributed by atoms with Crippen LogP contribution in [-0.4, -0.2) is 26.2 Å². The van der Waals surface area contributed by atoms with Crippen LogP contribution >= 0.6 is 10.8 Å². The first-order chi connectivity index (χ1) is 11.6. The Labute approximate surface area is 155 Å². The van der Waals surface area contributed by atoms with Gasteiger partial charge in [-0.25, -0.2) is 9.52 Å². The van der Waals surface area contributed by atoms with Gasteiger partial charge in [0.05, 0.1) is 10.5 Å². The van der Waals surface area contributed by atoms with Gasteiger partial charge in [-0.05, 0) is 43.5 Å². The van der Waals surface area contributed by atoms with Crippen LogP contribution in [-0.2, 0) is 0 Å². The number of aromatic carboxylic acids is 1. The fourth-order valence-corrected chi connectivity index (χ4v) is 2.60. The van der Waals surface area contributed by atoms with Crippen molar-refractivity contribution in [2.45, 2.75) is 65.8 Å². The SMILES string of the molecule is C=C.CC.CC(C)C.CCC(C)NS(O)(O)c1ccc(C(=O)O)cc1. The van der Waals surface area contributed by atoms with Crippen LogP contribution in [0.15, 0.2) is 42.3 Å². The van der Waals surface area contributed by atoms with Crippen molar-refractivity contribution in [1.82, 2.24) is 4.72 Å². The topological polar surface area (TPSA) is 89.8 Å². The third-order valence-electron chi connectivity index (χ3n) is 2.41. The van der Waals surface area contributed by atoms with Crippen LogP contribution in [0.25, 0.3) is 0 Å². The number of hydrogen-bond donors (Lipinski definition) is 4.